The average Bonchev–Trinajstić information content (AvgIpc) is 2.98. The van der Waals surface area contributed by atoms with Gasteiger partial charge in [-0.05, 0) is 24.7 Å². The van der Waals surface area contributed by atoms with E-state index in [0.29, 0.717) is 19.7 Å². The summed E-state index contributed by atoms with van der Waals surface area (Å²) in [5.74, 6) is 0. The summed E-state index contributed by atoms with van der Waals surface area (Å²) >= 11 is 0. The molecule has 0 N–H and O–H groups in total. The van der Waals surface area contributed by atoms with Crippen molar-refractivity contribution >= 4 is 10.0 Å². The van der Waals surface area contributed by atoms with E-state index in [0.717, 1.165) is 19.3 Å². The highest BCUT2D eigenvalue weighted by atomic mass is 32.2. The van der Waals surface area contributed by atoms with Gasteiger partial charge in [0.15, 0.2) is 0 Å². The summed E-state index contributed by atoms with van der Waals surface area (Å²) in [5, 5.41) is -0.101. The van der Waals surface area contributed by atoms with Crippen LogP contribution in [0.5, 0.6) is 0 Å². The molecule has 1 saturated heterocycles. The number of rotatable bonds is 3. The predicted molar refractivity (Wildman–Crippen MR) is 67.3 cm³/mol. The third kappa shape index (κ3) is 3.42. The zero-order valence-electron chi connectivity index (χ0n) is 11.0. The lowest BCUT2D eigenvalue weighted by molar-refractivity contribution is -0.0217. The Morgan fingerprint density at radius 2 is 1.94 bits per heavy atom. The van der Waals surface area contributed by atoms with Crippen molar-refractivity contribution in [1.29, 1.82) is 0 Å². The molecule has 2 fully saturated rings. The highest BCUT2D eigenvalue weighted by Crippen LogP contribution is 2.33. The van der Waals surface area contributed by atoms with Gasteiger partial charge >= 0.3 is 0 Å². The fraction of sp³-hybridized carbons (Fsp3) is 1.00. The smallest absolute Gasteiger partial charge is 0.217 e. The van der Waals surface area contributed by atoms with Gasteiger partial charge in [-0.2, -0.15) is 4.31 Å². The van der Waals surface area contributed by atoms with Crippen LogP contribution in [0.4, 0.5) is 0 Å². The highest BCUT2D eigenvalue weighted by molar-refractivity contribution is 7.90. The van der Waals surface area contributed by atoms with Gasteiger partial charge in [0, 0.05) is 13.1 Å². The predicted octanol–water partition coefficient (Wildman–Crippen LogP) is 1.62. The normalized spacial score (nSPS) is 28.3. The summed E-state index contributed by atoms with van der Waals surface area (Å²) in [5.41, 5.74) is 0.178. The van der Waals surface area contributed by atoms with E-state index in [-0.39, 0.29) is 16.8 Å². The Hall–Kier alpha value is -0.130. The van der Waals surface area contributed by atoms with Crippen LogP contribution in [0.15, 0.2) is 0 Å². The monoisotopic (exact) mass is 261 g/mol. The molecule has 0 bridgehead atoms. The minimum atomic E-state index is -3.02. The van der Waals surface area contributed by atoms with E-state index in [4.69, 9.17) is 4.74 Å². The van der Waals surface area contributed by atoms with Crippen molar-refractivity contribution in [2.75, 3.05) is 19.7 Å². The minimum Gasteiger partial charge on any atom is -0.375 e. The maximum Gasteiger partial charge on any atom is 0.217 e. The quantitative estimate of drug-likeness (QED) is 0.775. The summed E-state index contributed by atoms with van der Waals surface area (Å²) in [6.07, 6.45) is 2.63. The first-order chi connectivity index (χ1) is 7.79. The van der Waals surface area contributed by atoms with E-state index >= 15 is 0 Å². The molecule has 1 aliphatic carbocycles. The fourth-order valence-electron chi connectivity index (χ4n) is 2.31. The molecule has 5 heteroatoms. The molecular formula is C12H23NO3S. The third-order valence-corrected chi connectivity index (χ3v) is 5.61. The van der Waals surface area contributed by atoms with Crippen LogP contribution in [0.3, 0.4) is 0 Å². The van der Waals surface area contributed by atoms with Crippen LogP contribution < -0.4 is 0 Å². The molecule has 0 aromatic heterocycles. The van der Waals surface area contributed by atoms with E-state index in [1.807, 2.05) is 0 Å². The maximum absolute atomic E-state index is 12.1. The molecule has 100 valence electrons. The number of ether oxygens (including phenoxy) is 1. The number of hydrogen-bond acceptors (Lipinski definition) is 3. The summed E-state index contributed by atoms with van der Waals surface area (Å²) in [4.78, 5) is 0. The van der Waals surface area contributed by atoms with Gasteiger partial charge in [0.1, 0.15) is 0 Å². The van der Waals surface area contributed by atoms with Crippen molar-refractivity contribution in [3.8, 4) is 0 Å². The first kappa shape index (κ1) is 13.3. The van der Waals surface area contributed by atoms with Gasteiger partial charge in [-0.1, -0.05) is 20.8 Å². The van der Waals surface area contributed by atoms with E-state index < -0.39 is 10.0 Å². The van der Waals surface area contributed by atoms with Crippen molar-refractivity contribution in [2.45, 2.75) is 51.4 Å². The minimum absolute atomic E-state index is 0.0530. The number of sulfonamides is 1. The van der Waals surface area contributed by atoms with Gasteiger partial charge in [0.05, 0.1) is 18.0 Å². The Morgan fingerprint density at radius 3 is 2.47 bits per heavy atom. The van der Waals surface area contributed by atoms with E-state index in [1.54, 1.807) is 4.31 Å². The Labute approximate surface area is 104 Å². The van der Waals surface area contributed by atoms with Crippen LogP contribution in [-0.2, 0) is 14.8 Å². The van der Waals surface area contributed by atoms with Gasteiger partial charge < -0.3 is 4.74 Å². The average molecular weight is 261 g/mol. The molecule has 0 spiro atoms. The Bertz CT molecular complexity index is 368. The van der Waals surface area contributed by atoms with Crippen LogP contribution in [-0.4, -0.2) is 43.8 Å². The first-order valence-electron chi connectivity index (χ1n) is 6.39. The van der Waals surface area contributed by atoms with Crippen LogP contribution in [0.2, 0.25) is 0 Å². The van der Waals surface area contributed by atoms with Gasteiger partial charge in [0.2, 0.25) is 10.0 Å². The maximum atomic E-state index is 12.1. The third-order valence-electron chi connectivity index (χ3n) is 3.25. The van der Waals surface area contributed by atoms with Crippen molar-refractivity contribution in [2.24, 2.45) is 5.41 Å². The van der Waals surface area contributed by atoms with Gasteiger partial charge in [-0.25, -0.2) is 8.42 Å². The topological polar surface area (TPSA) is 46.6 Å². The lowest BCUT2D eigenvalue weighted by Crippen LogP contribution is -2.47. The Balaban J connectivity index is 1.97. The molecule has 2 rings (SSSR count). The summed E-state index contributed by atoms with van der Waals surface area (Å²) in [6.45, 7) is 8.07. The lowest BCUT2D eigenvalue weighted by atomic mass is 9.89. The summed E-state index contributed by atoms with van der Waals surface area (Å²) in [6, 6.07) is 0. The largest absolute Gasteiger partial charge is 0.375 e. The second-order valence-corrected chi connectivity index (χ2v) is 8.57. The fourth-order valence-corrected chi connectivity index (χ4v) is 4.16. The second-order valence-electron chi connectivity index (χ2n) is 6.36. The van der Waals surface area contributed by atoms with Crippen LogP contribution in [0.25, 0.3) is 0 Å². The number of morpholine rings is 1. The molecule has 0 aromatic rings. The molecule has 1 heterocycles. The molecule has 1 aliphatic heterocycles. The molecule has 4 nitrogen and oxygen atoms in total. The molecular weight excluding hydrogens is 238 g/mol. The SMILES string of the molecule is CC(C)(C)C[C@H]1CN(S(=O)(=O)C2CC2)CCO1. The van der Waals surface area contributed by atoms with Gasteiger partial charge in [0.25, 0.3) is 0 Å². The zero-order chi connectivity index (χ0) is 12.7. The Morgan fingerprint density at radius 1 is 1.29 bits per heavy atom. The van der Waals surface area contributed by atoms with Crippen LogP contribution >= 0.6 is 0 Å². The molecule has 0 unspecified atom stereocenters. The second kappa shape index (κ2) is 4.52. The summed E-state index contributed by atoms with van der Waals surface area (Å²) in [7, 11) is -3.02. The molecule has 0 amide bonds. The van der Waals surface area contributed by atoms with E-state index in [9.17, 15) is 8.42 Å². The molecule has 17 heavy (non-hydrogen) atoms. The first-order valence-corrected chi connectivity index (χ1v) is 7.90. The van der Waals surface area contributed by atoms with Crippen molar-refractivity contribution in [3.63, 3.8) is 0 Å². The van der Waals surface area contributed by atoms with Gasteiger partial charge in [-0.15, -0.1) is 0 Å². The molecule has 1 saturated carbocycles. The summed E-state index contributed by atoms with van der Waals surface area (Å²) < 4.78 is 31.6. The molecule has 0 radical (unpaired) electrons. The van der Waals surface area contributed by atoms with Crippen LogP contribution in [0, 0.1) is 5.41 Å². The molecule has 1 atom stereocenters. The lowest BCUT2D eigenvalue weighted by Gasteiger charge is -2.35. The molecule has 0 aromatic carbocycles. The van der Waals surface area contributed by atoms with Crippen LogP contribution in [0.1, 0.15) is 40.0 Å². The highest BCUT2D eigenvalue weighted by Gasteiger charge is 2.42. The van der Waals surface area contributed by atoms with Crippen molar-refractivity contribution in [3.05, 3.63) is 0 Å². The van der Waals surface area contributed by atoms with Crippen molar-refractivity contribution in [1.82, 2.24) is 4.31 Å². The number of nitrogens with zero attached hydrogens (tertiary/aromatic N) is 1. The van der Waals surface area contributed by atoms with Gasteiger partial charge in [-0.3, -0.25) is 0 Å². The zero-order valence-corrected chi connectivity index (χ0v) is 11.8. The van der Waals surface area contributed by atoms with E-state index in [1.165, 1.54) is 0 Å². The standard InChI is InChI=1S/C12H23NO3S/c1-12(2,3)8-10-9-13(6-7-16-10)17(14,15)11-4-5-11/h10-11H,4-9H2,1-3H3/t10-/m0/s1. The van der Waals surface area contributed by atoms with E-state index in [2.05, 4.69) is 20.8 Å². The van der Waals surface area contributed by atoms with Crippen molar-refractivity contribution < 1.29 is 13.2 Å². The molecule has 2 aliphatic rings. The Kier molecular flexibility index (Phi) is 3.54. The number of hydrogen-bond donors (Lipinski definition) is 0.